The van der Waals surface area contributed by atoms with Gasteiger partial charge >= 0.3 is 0 Å². The summed E-state index contributed by atoms with van der Waals surface area (Å²) < 4.78 is 15.4. The normalized spacial score (nSPS) is 10.6. The van der Waals surface area contributed by atoms with E-state index in [1.807, 2.05) is 6.07 Å². The summed E-state index contributed by atoms with van der Waals surface area (Å²) in [6.45, 7) is 1.61. The Hall–Kier alpha value is -4.67. The monoisotopic (exact) mass is 433 g/mol. The maximum absolute atomic E-state index is 14.2. The van der Waals surface area contributed by atoms with Gasteiger partial charge in [0.05, 0.1) is 4.92 Å². The quantitative estimate of drug-likeness (QED) is 0.347. The van der Waals surface area contributed by atoms with Crippen LogP contribution in [0.15, 0.2) is 66.7 Å². The number of aromatic nitrogens is 4. The van der Waals surface area contributed by atoms with E-state index >= 15 is 0 Å². The number of anilines is 3. The van der Waals surface area contributed by atoms with Crippen molar-refractivity contribution in [1.82, 2.24) is 20.2 Å². The molecule has 0 bridgehead atoms. The van der Waals surface area contributed by atoms with Gasteiger partial charge in [0.1, 0.15) is 17.2 Å². The van der Waals surface area contributed by atoms with Crippen LogP contribution in [-0.2, 0) is 0 Å². The molecule has 32 heavy (non-hydrogen) atoms. The van der Waals surface area contributed by atoms with Gasteiger partial charge in [-0.3, -0.25) is 14.9 Å². The lowest BCUT2D eigenvalue weighted by Gasteiger charge is -2.11. The second-order valence-electron chi connectivity index (χ2n) is 6.74. The van der Waals surface area contributed by atoms with Crippen molar-refractivity contribution < 1.29 is 14.1 Å². The van der Waals surface area contributed by atoms with Crippen molar-refractivity contribution in [3.8, 4) is 5.69 Å². The molecule has 0 aliphatic heterocycles. The number of hydrogen-bond acceptors (Lipinski definition) is 7. The largest absolute Gasteiger partial charge is 0.350 e. The van der Waals surface area contributed by atoms with E-state index in [1.165, 1.54) is 41.1 Å². The van der Waals surface area contributed by atoms with Gasteiger partial charge in [-0.25, -0.2) is 4.39 Å². The third kappa shape index (κ3) is 4.26. The van der Waals surface area contributed by atoms with E-state index in [2.05, 4.69) is 26.2 Å². The Morgan fingerprint density at radius 3 is 2.53 bits per heavy atom. The lowest BCUT2D eigenvalue weighted by Crippen LogP contribution is -2.13. The predicted molar refractivity (Wildman–Crippen MR) is 115 cm³/mol. The zero-order chi connectivity index (χ0) is 22.7. The van der Waals surface area contributed by atoms with Crippen LogP contribution >= 0.6 is 0 Å². The molecule has 0 fully saturated rings. The van der Waals surface area contributed by atoms with Crippen LogP contribution in [0.3, 0.4) is 0 Å². The van der Waals surface area contributed by atoms with E-state index in [-0.39, 0.29) is 28.3 Å². The van der Waals surface area contributed by atoms with E-state index in [0.29, 0.717) is 11.5 Å². The van der Waals surface area contributed by atoms with Crippen molar-refractivity contribution in [2.24, 2.45) is 0 Å². The summed E-state index contributed by atoms with van der Waals surface area (Å²) in [6, 6.07) is 17.0. The van der Waals surface area contributed by atoms with Crippen molar-refractivity contribution in [1.29, 1.82) is 0 Å². The molecule has 160 valence electrons. The Balaban J connectivity index is 1.59. The second-order valence-corrected chi connectivity index (χ2v) is 6.74. The minimum atomic E-state index is -0.592. The van der Waals surface area contributed by atoms with Crippen LogP contribution < -0.4 is 10.6 Å². The molecule has 0 spiro atoms. The molecule has 2 N–H and O–H groups in total. The lowest BCUT2D eigenvalue weighted by molar-refractivity contribution is -0.383. The number of carbonyl (C=O) groups is 1. The first-order valence-electron chi connectivity index (χ1n) is 9.39. The van der Waals surface area contributed by atoms with Gasteiger partial charge in [-0.15, -0.1) is 5.10 Å². The molecular weight excluding hydrogens is 417 g/mol. The lowest BCUT2D eigenvalue weighted by atomic mass is 10.1. The van der Waals surface area contributed by atoms with Crippen molar-refractivity contribution in [3.05, 3.63) is 94.0 Å². The van der Waals surface area contributed by atoms with E-state index < -0.39 is 16.6 Å². The molecule has 0 aliphatic rings. The third-order valence-corrected chi connectivity index (χ3v) is 4.57. The Kier molecular flexibility index (Phi) is 5.53. The molecule has 4 rings (SSSR count). The smallest absolute Gasteiger partial charge is 0.293 e. The molecule has 0 saturated heterocycles. The van der Waals surface area contributed by atoms with Gasteiger partial charge in [-0.05, 0) is 59.8 Å². The number of hydrogen-bond donors (Lipinski definition) is 2. The first kappa shape index (κ1) is 20.6. The first-order chi connectivity index (χ1) is 15.4. The highest BCUT2D eigenvalue weighted by Gasteiger charge is 2.19. The zero-order valence-electron chi connectivity index (χ0n) is 16.7. The molecule has 4 aromatic rings. The maximum Gasteiger partial charge on any atom is 0.293 e. The summed E-state index contributed by atoms with van der Waals surface area (Å²) >= 11 is 0. The molecule has 3 aromatic carbocycles. The van der Waals surface area contributed by atoms with Crippen molar-refractivity contribution in [3.63, 3.8) is 0 Å². The van der Waals surface area contributed by atoms with E-state index in [1.54, 1.807) is 31.2 Å². The van der Waals surface area contributed by atoms with Gasteiger partial charge < -0.3 is 10.6 Å². The van der Waals surface area contributed by atoms with Gasteiger partial charge in [0.15, 0.2) is 5.82 Å². The van der Waals surface area contributed by atoms with E-state index in [4.69, 9.17) is 0 Å². The Morgan fingerprint density at radius 1 is 1.06 bits per heavy atom. The third-order valence-electron chi connectivity index (χ3n) is 4.57. The van der Waals surface area contributed by atoms with Gasteiger partial charge in [-0.2, -0.15) is 4.68 Å². The Labute approximate surface area is 180 Å². The number of nitro groups is 1. The zero-order valence-corrected chi connectivity index (χ0v) is 16.7. The standard InChI is InChI=1S/C21H16FN7O3/c1-13-25-26-27-28(13)19-12-16(8-9-17(19)22)24-21(30)14-7-10-18(20(11-14)29(31)32)23-15-5-3-2-4-6-15/h2-12,23H,1H3,(H,24,30). The molecular formula is C21H16FN7O3. The number of tetrazole rings is 1. The van der Waals surface area contributed by atoms with Gasteiger partial charge in [-0.1, -0.05) is 18.2 Å². The van der Waals surface area contributed by atoms with Crippen LogP contribution in [0.1, 0.15) is 16.2 Å². The Bertz CT molecular complexity index is 1310. The SMILES string of the molecule is Cc1nnnn1-c1cc(NC(=O)c2ccc(Nc3ccccc3)c([N+](=O)[O-])c2)ccc1F. The minimum absolute atomic E-state index is 0.0543. The average Bonchev–Trinajstić information content (AvgIpc) is 3.21. The summed E-state index contributed by atoms with van der Waals surface area (Å²) in [6.07, 6.45) is 0. The van der Waals surface area contributed by atoms with Gasteiger partial charge in [0.2, 0.25) is 0 Å². The highest BCUT2D eigenvalue weighted by Crippen LogP contribution is 2.29. The van der Waals surface area contributed by atoms with Crippen LogP contribution in [0.2, 0.25) is 0 Å². The van der Waals surface area contributed by atoms with Crippen LogP contribution in [0, 0.1) is 22.9 Å². The Morgan fingerprint density at radius 2 is 1.84 bits per heavy atom. The second kappa shape index (κ2) is 8.60. The maximum atomic E-state index is 14.2. The summed E-state index contributed by atoms with van der Waals surface area (Å²) in [5.74, 6) is -0.805. The number of carbonyl (C=O) groups excluding carboxylic acids is 1. The topological polar surface area (TPSA) is 128 Å². The molecule has 0 radical (unpaired) electrons. The number of aryl methyl sites for hydroxylation is 1. The number of nitrogens with one attached hydrogen (secondary N) is 2. The molecule has 0 atom stereocenters. The average molecular weight is 433 g/mol. The minimum Gasteiger partial charge on any atom is -0.350 e. The van der Waals surface area contributed by atoms with Crippen molar-refractivity contribution in [2.75, 3.05) is 10.6 Å². The molecule has 1 amide bonds. The summed E-state index contributed by atoms with van der Waals surface area (Å²) in [5, 5.41) is 28.1. The summed E-state index contributed by atoms with van der Waals surface area (Å²) in [4.78, 5) is 23.7. The van der Waals surface area contributed by atoms with Crippen molar-refractivity contribution in [2.45, 2.75) is 6.92 Å². The fourth-order valence-electron chi connectivity index (χ4n) is 3.02. The molecule has 0 saturated carbocycles. The fourth-order valence-corrected chi connectivity index (χ4v) is 3.02. The van der Waals surface area contributed by atoms with E-state index in [0.717, 1.165) is 0 Å². The fraction of sp³-hybridized carbons (Fsp3) is 0.0476. The molecule has 0 aliphatic carbocycles. The molecule has 0 unspecified atom stereocenters. The van der Waals surface area contributed by atoms with Crippen LogP contribution in [0.5, 0.6) is 0 Å². The van der Waals surface area contributed by atoms with Gasteiger partial charge in [0, 0.05) is 23.0 Å². The molecule has 10 nitrogen and oxygen atoms in total. The van der Waals surface area contributed by atoms with Crippen molar-refractivity contribution >= 4 is 28.7 Å². The highest BCUT2D eigenvalue weighted by molar-refractivity contribution is 6.05. The number of para-hydroxylation sites is 1. The highest BCUT2D eigenvalue weighted by atomic mass is 19.1. The number of nitrogens with zero attached hydrogens (tertiary/aromatic N) is 5. The summed E-state index contributed by atoms with van der Waals surface area (Å²) in [5.41, 5.74) is 1.06. The number of halogens is 1. The predicted octanol–water partition coefficient (Wildman–Crippen LogP) is 4.01. The molecule has 11 heteroatoms. The number of amides is 1. The van der Waals surface area contributed by atoms with Gasteiger partial charge in [0.25, 0.3) is 11.6 Å². The van der Waals surface area contributed by atoms with Crippen LogP contribution in [-0.4, -0.2) is 31.0 Å². The summed E-state index contributed by atoms with van der Waals surface area (Å²) in [7, 11) is 0. The molecule has 1 heterocycles. The van der Waals surface area contributed by atoms with Crippen LogP contribution in [0.25, 0.3) is 5.69 Å². The van der Waals surface area contributed by atoms with E-state index in [9.17, 15) is 19.3 Å². The molecule has 1 aromatic heterocycles. The number of nitro benzene ring substituents is 1. The number of benzene rings is 3. The van der Waals surface area contributed by atoms with Crippen LogP contribution in [0.4, 0.5) is 27.1 Å². The number of rotatable bonds is 6. The first-order valence-corrected chi connectivity index (χ1v) is 9.39.